The number of alkyl halides is 3. The van der Waals surface area contributed by atoms with E-state index < -0.39 is 11.7 Å². The van der Waals surface area contributed by atoms with Gasteiger partial charge >= 0.3 is 6.18 Å². The molecule has 0 amide bonds. The van der Waals surface area contributed by atoms with E-state index in [0.29, 0.717) is 5.82 Å². The summed E-state index contributed by atoms with van der Waals surface area (Å²) in [6, 6.07) is 5.05. The summed E-state index contributed by atoms with van der Waals surface area (Å²) < 4.78 is 45.0. The van der Waals surface area contributed by atoms with Gasteiger partial charge in [0.2, 0.25) is 0 Å². The first-order chi connectivity index (χ1) is 9.38. The summed E-state index contributed by atoms with van der Waals surface area (Å²) >= 11 is 0. The lowest BCUT2D eigenvalue weighted by Gasteiger charge is -2.13. The van der Waals surface area contributed by atoms with E-state index in [0.717, 1.165) is 12.1 Å². The van der Waals surface area contributed by atoms with Crippen LogP contribution in [-0.2, 0) is 12.8 Å². The Morgan fingerprint density at radius 1 is 1.30 bits per heavy atom. The van der Waals surface area contributed by atoms with Gasteiger partial charge in [-0.05, 0) is 32.0 Å². The molecule has 0 bridgehead atoms. The van der Waals surface area contributed by atoms with Crippen LogP contribution in [0.3, 0.4) is 0 Å². The molecule has 0 atom stereocenters. The average molecular weight is 284 g/mol. The second-order valence-corrected chi connectivity index (χ2v) is 4.66. The molecule has 0 aliphatic heterocycles. The maximum Gasteiger partial charge on any atom is 0.416 e. The van der Waals surface area contributed by atoms with Crippen molar-refractivity contribution in [3.8, 4) is 5.75 Å². The normalized spacial score (nSPS) is 11.9. The van der Waals surface area contributed by atoms with Crippen LogP contribution in [0.2, 0.25) is 0 Å². The third-order valence-electron chi connectivity index (χ3n) is 2.83. The van der Waals surface area contributed by atoms with E-state index in [1.54, 1.807) is 6.20 Å². The summed E-state index contributed by atoms with van der Waals surface area (Å²) in [7, 11) is 0. The van der Waals surface area contributed by atoms with Gasteiger partial charge in [-0.2, -0.15) is 13.2 Å². The molecule has 0 fully saturated rings. The van der Waals surface area contributed by atoms with Crippen molar-refractivity contribution in [1.29, 1.82) is 0 Å². The summed E-state index contributed by atoms with van der Waals surface area (Å²) in [6.07, 6.45) is -0.907. The molecule has 0 N–H and O–H groups in total. The predicted octanol–water partition coefficient (Wildman–Crippen LogP) is 4.06. The van der Waals surface area contributed by atoms with Crippen LogP contribution in [0.5, 0.6) is 5.75 Å². The predicted molar refractivity (Wildman–Crippen MR) is 68.4 cm³/mol. The van der Waals surface area contributed by atoms with Gasteiger partial charge in [-0.1, -0.05) is 6.07 Å². The molecule has 0 saturated carbocycles. The highest BCUT2D eigenvalue weighted by Gasteiger charge is 2.30. The van der Waals surface area contributed by atoms with Crippen molar-refractivity contribution in [1.82, 2.24) is 9.55 Å². The van der Waals surface area contributed by atoms with Crippen LogP contribution in [0.15, 0.2) is 36.7 Å². The number of benzene rings is 1. The summed E-state index contributed by atoms with van der Waals surface area (Å²) in [5, 5.41) is 0. The van der Waals surface area contributed by atoms with Crippen molar-refractivity contribution in [2.75, 3.05) is 0 Å². The molecule has 108 valence electrons. The van der Waals surface area contributed by atoms with Gasteiger partial charge in [-0.15, -0.1) is 0 Å². The van der Waals surface area contributed by atoms with Gasteiger partial charge in [-0.3, -0.25) is 0 Å². The van der Waals surface area contributed by atoms with Gasteiger partial charge in [0.1, 0.15) is 18.2 Å². The standard InChI is InChI=1S/C14H15F3N2O/c1-10(2)19-7-6-18-13(19)9-20-12-5-3-4-11(8-12)14(15,16)17/h3-8,10H,9H2,1-2H3. The van der Waals surface area contributed by atoms with Crippen LogP contribution in [0.1, 0.15) is 31.3 Å². The Hall–Kier alpha value is -1.98. The molecule has 0 unspecified atom stereocenters. The molecule has 0 aliphatic rings. The Morgan fingerprint density at radius 2 is 2.05 bits per heavy atom. The smallest absolute Gasteiger partial charge is 0.416 e. The molecule has 3 nitrogen and oxygen atoms in total. The molecular formula is C14H15F3N2O. The van der Waals surface area contributed by atoms with E-state index in [1.165, 1.54) is 12.1 Å². The number of hydrogen-bond acceptors (Lipinski definition) is 2. The van der Waals surface area contributed by atoms with Crippen LogP contribution < -0.4 is 4.74 Å². The van der Waals surface area contributed by atoms with Crippen LogP contribution in [0.25, 0.3) is 0 Å². The Balaban J connectivity index is 2.09. The first-order valence-corrected chi connectivity index (χ1v) is 6.19. The Kier molecular flexibility index (Phi) is 4.01. The fourth-order valence-corrected chi connectivity index (χ4v) is 1.84. The number of aromatic nitrogens is 2. The first-order valence-electron chi connectivity index (χ1n) is 6.19. The highest BCUT2D eigenvalue weighted by Crippen LogP contribution is 2.31. The molecule has 2 rings (SSSR count). The molecule has 0 spiro atoms. The SMILES string of the molecule is CC(C)n1ccnc1COc1cccc(C(F)(F)F)c1. The van der Waals surface area contributed by atoms with Gasteiger partial charge in [0, 0.05) is 18.4 Å². The second-order valence-electron chi connectivity index (χ2n) is 4.66. The van der Waals surface area contributed by atoms with Gasteiger partial charge in [-0.25, -0.2) is 4.98 Å². The molecular weight excluding hydrogens is 269 g/mol. The molecule has 0 radical (unpaired) electrons. The highest BCUT2D eigenvalue weighted by molar-refractivity contribution is 5.30. The summed E-state index contributed by atoms with van der Waals surface area (Å²) in [4.78, 5) is 4.14. The van der Waals surface area contributed by atoms with Gasteiger partial charge in [0.15, 0.2) is 0 Å². The minimum Gasteiger partial charge on any atom is -0.486 e. The minimum absolute atomic E-state index is 0.131. The maximum atomic E-state index is 12.6. The number of ether oxygens (including phenoxy) is 1. The molecule has 6 heteroatoms. The maximum absolute atomic E-state index is 12.6. The molecule has 1 heterocycles. The third kappa shape index (κ3) is 3.31. The van der Waals surface area contributed by atoms with Crippen molar-refractivity contribution < 1.29 is 17.9 Å². The van der Waals surface area contributed by atoms with Gasteiger partial charge < -0.3 is 9.30 Å². The third-order valence-corrected chi connectivity index (χ3v) is 2.83. The Bertz CT molecular complexity index is 576. The number of imidazole rings is 1. The fraction of sp³-hybridized carbons (Fsp3) is 0.357. The zero-order chi connectivity index (χ0) is 14.8. The van der Waals surface area contributed by atoms with E-state index >= 15 is 0 Å². The summed E-state index contributed by atoms with van der Waals surface area (Å²) in [6.45, 7) is 4.12. The van der Waals surface area contributed by atoms with Crippen LogP contribution in [0, 0.1) is 0 Å². The van der Waals surface area contributed by atoms with E-state index in [1.807, 2.05) is 24.6 Å². The Morgan fingerprint density at radius 3 is 2.70 bits per heavy atom. The monoisotopic (exact) mass is 284 g/mol. The second kappa shape index (κ2) is 5.56. The van der Waals surface area contributed by atoms with Crippen molar-refractivity contribution in [2.24, 2.45) is 0 Å². The largest absolute Gasteiger partial charge is 0.486 e. The lowest BCUT2D eigenvalue weighted by Crippen LogP contribution is -2.09. The van der Waals surface area contributed by atoms with Crippen molar-refractivity contribution >= 4 is 0 Å². The summed E-state index contributed by atoms with van der Waals surface area (Å²) in [5.74, 6) is 0.857. The molecule has 0 saturated heterocycles. The quantitative estimate of drug-likeness (QED) is 0.846. The van der Waals surface area contributed by atoms with E-state index in [9.17, 15) is 13.2 Å². The van der Waals surface area contributed by atoms with Crippen LogP contribution in [0.4, 0.5) is 13.2 Å². The Labute approximate surface area is 115 Å². The first kappa shape index (κ1) is 14.4. The van der Waals surface area contributed by atoms with Crippen molar-refractivity contribution in [3.05, 3.63) is 48.0 Å². The number of halogens is 3. The number of hydrogen-bond donors (Lipinski definition) is 0. The highest BCUT2D eigenvalue weighted by atomic mass is 19.4. The average Bonchev–Trinajstić information content (AvgIpc) is 2.84. The van der Waals surface area contributed by atoms with Crippen LogP contribution >= 0.6 is 0 Å². The van der Waals surface area contributed by atoms with Gasteiger partial charge in [0.05, 0.1) is 5.56 Å². The molecule has 2 aromatic rings. The van der Waals surface area contributed by atoms with E-state index in [2.05, 4.69) is 4.98 Å². The molecule has 1 aromatic heterocycles. The molecule has 0 aliphatic carbocycles. The zero-order valence-electron chi connectivity index (χ0n) is 11.2. The number of rotatable bonds is 4. The fourth-order valence-electron chi connectivity index (χ4n) is 1.84. The summed E-state index contributed by atoms with van der Waals surface area (Å²) in [5.41, 5.74) is -0.720. The minimum atomic E-state index is -4.37. The zero-order valence-corrected chi connectivity index (χ0v) is 11.2. The molecule has 20 heavy (non-hydrogen) atoms. The van der Waals surface area contributed by atoms with Crippen LogP contribution in [-0.4, -0.2) is 9.55 Å². The lowest BCUT2D eigenvalue weighted by atomic mass is 10.2. The van der Waals surface area contributed by atoms with Crippen molar-refractivity contribution in [3.63, 3.8) is 0 Å². The molecule has 1 aromatic carbocycles. The van der Waals surface area contributed by atoms with E-state index in [4.69, 9.17) is 4.74 Å². The van der Waals surface area contributed by atoms with Crippen molar-refractivity contribution in [2.45, 2.75) is 32.7 Å². The van der Waals surface area contributed by atoms with E-state index in [-0.39, 0.29) is 18.4 Å². The lowest BCUT2D eigenvalue weighted by molar-refractivity contribution is -0.137. The topological polar surface area (TPSA) is 27.1 Å². The van der Waals surface area contributed by atoms with Gasteiger partial charge in [0.25, 0.3) is 0 Å². The number of nitrogens with zero attached hydrogens (tertiary/aromatic N) is 2.